The van der Waals surface area contributed by atoms with Gasteiger partial charge in [-0.25, -0.2) is 0 Å². The molecule has 0 spiro atoms. The highest BCUT2D eigenvalue weighted by Crippen LogP contribution is 2.18. The summed E-state index contributed by atoms with van der Waals surface area (Å²) in [6.45, 7) is 4.80. The Labute approximate surface area is 200 Å². The minimum absolute atomic E-state index is 0.0127. The van der Waals surface area contributed by atoms with Crippen molar-refractivity contribution in [2.75, 3.05) is 13.1 Å². The van der Waals surface area contributed by atoms with Crippen LogP contribution in [0, 0.1) is 0 Å². The first-order chi connectivity index (χ1) is 16.5. The van der Waals surface area contributed by atoms with E-state index in [0.29, 0.717) is 18.7 Å². The molecule has 3 aromatic carbocycles. The molecular formula is C29H30N2O3. The molecule has 0 unspecified atom stereocenters. The van der Waals surface area contributed by atoms with Gasteiger partial charge in [-0.1, -0.05) is 60.7 Å². The molecule has 0 atom stereocenters. The number of carbonyl (C=O) groups excluding carboxylic acids is 2. The van der Waals surface area contributed by atoms with E-state index in [1.807, 2.05) is 86.6 Å². The third kappa shape index (κ3) is 5.73. The Morgan fingerprint density at radius 3 is 2.29 bits per heavy atom. The molecule has 2 amide bonds. The van der Waals surface area contributed by atoms with Crippen LogP contribution < -0.4 is 0 Å². The van der Waals surface area contributed by atoms with Crippen LogP contribution in [0.2, 0.25) is 0 Å². The van der Waals surface area contributed by atoms with Gasteiger partial charge in [0.1, 0.15) is 12.3 Å². The maximum atomic E-state index is 13.4. The molecule has 0 aliphatic heterocycles. The van der Waals surface area contributed by atoms with Gasteiger partial charge in [0.05, 0.1) is 12.8 Å². The summed E-state index contributed by atoms with van der Waals surface area (Å²) >= 11 is 0. The van der Waals surface area contributed by atoms with Crippen LogP contribution in [0.4, 0.5) is 0 Å². The number of benzene rings is 3. The summed E-state index contributed by atoms with van der Waals surface area (Å²) < 4.78 is 5.50. The van der Waals surface area contributed by atoms with E-state index in [1.54, 1.807) is 16.1 Å². The van der Waals surface area contributed by atoms with Crippen molar-refractivity contribution in [3.63, 3.8) is 0 Å². The summed E-state index contributed by atoms with van der Waals surface area (Å²) in [4.78, 5) is 30.3. The van der Waals surface area contributed by atoms with Crippen molar-refractivity contribution in [3.05, 3.63) is 108 Å². The quantitative estimate of drug-likeness (QED) is 0.333. The van der Waals surface area contributed by atoms with E-state index < -0.39 is 0 Å². The Kier molecular flexibility index (Phi) is 7.43. The Hall–Kier alpha value is -3.86. The summed E-state index contributed by atoms with van der Waals surface area (Å²) in [5.74, 6) is 0.476. The average Bonchev–Trinajstić information content (AvgIpc) is 3.38. The maximum absolute atomic E-state index is 13.4. The summed E-state index contributed by atoms with van der Waals surface area (Å²) in [5.41, 5.74) is 1.75. The highest BCUT2D eigenvalue weighted by atomic mass is 16.3. The fourth-order valence-corrected chi connectivity index (χ4v) is 4.01. The van der Waals surface area contributed by atoms with Gasteiger partial charge in [0.25, 0.3) is 5.91 Å². The Bertz CT molecular complexity index is 1230. The lowest BCUT2D eigenvalue weighted by Crippen LogP contribution is -2.46. The summed E-state index contributed by atoms with van der Waals surface area (Å²) in [5, 5.41) is 2.09. The number of amides is 2. The summed E-state index contributed by atoms with van der Waals surface area (Å²) in [7, 11) is 0. The van der Waals surface area contributed by atoms with Crippen LogP contribution in [0.1, 0.15) is 35.5 Å². The van der Waals surface area contributed by atoms with Gasteiger partial charge in [-0.05, 0) is 60.9 Å². The van der Waals surface area contributed by atoms with Crippen LogP contribution >= 0.6 is 0 Å². The van der Waals surface area contributed by atoms with E-state index in [0.717, 1.165) is 28.5 Å². The lowest BCUT2D eigenvalue weighted by Gasteiger charge is -2.30. The highest BCUT2D eigenvalue weighted by Gasteiger charge is 2.25. The molecule has 0 aliphatic carbocycles. The number of nitrogens with zero attached hydrogens (tertiary/aromatic N) is 2. The minimum Gasteiger partial charge on any atom is -0.467 e. The fourth-order valence-electron chi connectivity index (χ4n) is 4.01. The average molecular weight is 455 g/mol. The predicted octanol–water partition coefficient (Wildman–Crippen LogP) is 5.55. The first-order valence-corrected chi connectivity index (χ1v) is 11.6. The number of carbonyl (C=O) groups is 2. The van der Waals surface area contributed by atoms with Gasteiger partial charge in [0.15, 0.2) is 0 Å². The second kappa shape index (κ2) is 10.8. The Morgan fingerprint density at radius 2 is 1.59 bits per heavy atom. The summed E-state index contributed by atoms with van der Waals surface area (Å²) in [6, 6.07) is 27.3. The van der Waals surface area contributed by atoms with Crippen molar-refractivity contribution >= 4 is 22.6 Å². The molecular weight excluding hydrogens is 424 g/mol. The van der Waals surface area contributed by atoms with Crippen molar-refractivity contribution in [2.24, 2.45) is 0 Å². The van der Waals surface area contributed by atoms with Gasteiger partial charge < -0.3 is 14.2 Å². The molecule has 5 heteroatoms. The lowest BCUT2D eigenvalue weighted by molar-refractivity contribution is -0.133. The molecule has 5 nitrogen and oxygen atoms in total. The van der Waals surface area contributed by atoms with E-state index in [2.05, 4.69) is 12.1 Å². The van der Waals surface area contributed by atoms with E-state index in [9.17, 15) is 9.59 Å². The molecule has 0 saturated heterocycles. The van der Waals surface area contributed by atoms with Crippen molar-refractivity contribution in [1.29, 1.82) is 0 Å². The number of fused-ring (bicyclic) bond motifs is 1. The first kappa shape index (κ1) is 23.3. The second-order valence-corrected chi connectivity index (χ2v) is 8.72. The highest BCUT2D eigenvalue weighted by molar-refractivity contribution is 6.00. The van der Waals surface area contributed by atoms with Crippen molar-refractivity contribution < 1.29 is 14.0 Å². The molecule has 1 aromatic heterocycles. The number of furan rings is 1. The molecule has 0 N–H and O–H groups in total. The number of rotatable bonds is 9. The molecule has 0 radical (unpaired) electrons. The topological polar surface area (TPSA) is 53.8 Å². The minimum atomic E-state index is -0.143. The molecule has 0 bridgehead atoms. The predicted molar refractivity (Wildman–Crippen MR) is 134 cm³/mol. The third-order valence-corrected chi connectivity index (χ3v) is 5.98. The molecule has 0 aliphatic rings. The van der Waals surface area contributed by atoms with Gasteiger partial charge in [-0.15, -0.1) is 0 Å². The van der Waals surface area contributed by atoms with E-state index in [-0.39, 0.29) is 24.4 Å². The standard InChI is InChI=1S/C29H30N2O3/c1-22(2)31(29(33)26-15-14-24-11-6-7-12-25(24)19-26)21-28(32)30(20-27-13-8-18-34-27)17-16-23-9-4-3-5-10-23/h3-15,18-19,22H,16-17,20-21H2,1-2H3. The lowest BCUT2D eigenvalue weighted by atomic mass is 10.1. The van der Waals surface area contributed by atoms with E-state index in [4.69, 9.17) is 4.42 Å². The molecule has 34 heavy (non-hydrogen) atoms. The Balaban J connectivity index is 1.51. The largest absolute Gasteiger partial charge is 0.467 e. The van der Waals surface area contributed by atoms with Crippen LogP contribution in [-0.2, 0) is 17.8 Å². The van der Waals surface area contributed by atoms with E-state index in [1.165, 1.54) is 0 Å². The number of hydrogen-bond donors (Lipinski definition) is 0. The fraction of sp³-hybridized carbons (Fsp3) is 0.241. The first-order valence-electron chi connectivity index (χ1n) is 11.6. The van der Waals surface area contributed by atoms with Crippen LogP contribution in [-0.4, -0.2) is 40.7 Å². The maximum Gasteiger partial charge on any atom is 0.254 e. The van der Waals surface area contributed by atoms with E-state index >= 15 is 0 Å². The molecule has 4 rings (SSSR count). The molecule has 0 fully saturated rings. The zero-order chi connectivity index (χ0) is 23.9. The molecule has 0 saturated carbocycles. The summed E-state index contributed by atoms with van der Waals surface area (Å²) in [6.07, 6.45) is 2.34. The number of hydrogen-bond acceptors (Lipinski definition) is 3. The zero-order valence-corrected chi connectivity index (χ0v) is 19.7. The van der Waals surface area contributed by atoms with Crippen molar-refractivity contribution in [2.45, 2.75) is 32.9 Å². The normalized spacial score (nSPS) is 11.0. The molecule has 174 valence electrons. The zero-order valence-electron chi connectivity index (χ0n) is 19.7. The van der Waals surface area contributed by atoms with Gasteiger partial charge in [-0.3, -0.25) is 9.59 Å². The molecule has 4 aromatic rings. The second-order valence-electron chi connectivity index (χ2n) is 8.72. The van der Waals surface area contributed by atoms with Gasteiger partial charge in [0, 0.05) is 18.2 Å². The Morgan fingerprint density at radius 1 is 0.853 bits per heavy atom. The third-order valence-electron chi connectivity index (χ3n) is 5.98. The SMILES string of the molecule is CC(C)N(CC(=O)N(CCc1ccccc1)Cc1ccco1)C(=O)c1ccc2ccccc2c1. The van der Waals surface area contributed by atoms with Crippen molar-refractivity contribution in [3.8, 4) is 0 Å². The van der Waals surface area contributed by atoms with Gasteiger partial charge >= 0.3 is 0 Å². The monoisotopic (exact) mass is 454 g/mol. The van der Waals surface area contributed by atoms with Gasteiger partial charge in [-0.2, -0.15) is 0 Å². The molecule has 1 heterocycles. The van der Waals surface area contributed by atoms with Crippen LogP contribution in [0.15, 0.2) is 95.6 Å². The van der Waals surface area contributed by atoms with Gasteiger partial charge in [0.2, 0.25) is 5.91 Å². The van der Waals surface area contributed by atoms with Crippen LogP contribution in [0.25, 0.3) is 10.8 Å². The van der Waals surface area contributed by atoms with Crippen molar-refractivity contribution in [1.82, 2.24) is 9.80 Å². The smallest absolute Gasteiger partial charge is 0.254 e. The van der Waals surface area contributed by atoms with Crippen LogP contribution in [0.5, 0.6) is 0 Å². The van der Waals surface area contributed by atoms with Crippen LogP contribution in [0.3, 0.4) is 0 Å².